The molecule has 2 aromatic carbocycles. The second kappa shape index (κ2) is 7.65. The lowest BCUT2D eigenvalue weighted by atomic mass is 10.2. The fourth-order valence-electron chi connectivity index (χ4n) is 1.93. The van der Waals surface area contributed by atoms with Crippen LogP contribution in [0.15, 0.2) is 24.3 Å². The van der Waals surface area contributed by atoms with Crippen molar-refractivity contribution in [3.63, 3.8) is 0 Å². The molecule has 4 nitrogen and oxygen atoms in total. The average molecular weight is 375 g/mol. The summed E-state index contributed by atoms with van der Waals surface area (Å²) in [5.74, 6) is -4.77. The summed E-state index contributed by atoms with van der Waals surface area (Å²) in [6.07, 6.45) is -0.830. The summed E-state index contributed by atoms with van der Waals surface area (Å²) in [6, 6.07) is 5.60. The third-order valence-electron chi connectivity index (χ3n) is 3.33. The Morgan fingerprint density at radius 1 is 1.04 bits per heavy atom. The fraction of sp³-hybridized carbons (Fsp3) is 0.235. The van der Waals surface area contributed by atoms with Gasteiger partial charge in [-0.25, -0.2) is 13.6 Å². The molecular formula is C17H14ClF3O4. The standard InChI is InChI=1S/C17H14ClF3O4/c1-8-13(19)12(18)16(15(21)14(8)20)25-11-6-4-10(5-7-11)24-9(2)17(22)23-3/h4-7,9H,1-3H3. The van der Waals surface area contributed by atoms with Gasteiger partial charge in [0.2, 0.25) is 5.82 Å². The Labute approximate surface area is 147 Å². The molecule has 0 bridgehead atoms. The van der Waals surface area contributed by atoms with Crippen molar-refractivity contribution in [3.8, 4) is 17.2 Å². The van der Waals surface area contributed by atoms with Crippen LogP contribution in [0.4, 0.5) is 13.2 Å². The number of esters is 1. The molecule has 2 rings (SSSR count). The van der Waals surface area contributed by atoms with Crippen LogP contribution in [-0.4, -0.2) is 19.2 Å². The van der Waals surface area contributed by atoms with Crippen LogP contribution in [0, 0.1) is 24.4 Å². The number of rotatable bonds is 5. The van der Waals surface area contributed by atoms with Gasteiger partial charge in [-0.3, -0.25) is 0 Å². The molecule has 0 amide bonds. The van der Waals surface area contributed by atoms with E-state index in [1.54, 1.807) is 0 Å². The first-order valence-electron chi connectivity index (χ1n) is 7.11. The van der Waals surface area contributed by atoms with Gasteiger partial charge in [0.15, 0.2) is 23.5 Å². The first kappa shape index (κ1) is 18.9. The molecule has 0 N–H and O–H groups in total. The summed E-state index contributed by atoms with van der Waals surface area (Å²) in [4.78, 5) is 11.3. The highest BCUT2D eigenvalue weighted by atomic mass is 35.5. The number of ether oxygens (including phenoxy) is 3. The zero-order valence-corrected chi connectivity index (χ0v) is 14.3. The molecule has 1 atom stereocenters. The van der Waals surface area contributed by atoms with Crippen molar-refractivity contribution in [3.05, 3.63) is 52.3 Å². The topological polar surface area (TPSA) is 44.8 Å². The van der Waals surface area contributed by atoms with E-state index in [-0.39, 0.29) is 5.75 Å². The molecule has 8 heteroatoms. The zero-order valence-electron chi connectivity index (χ0n) is 13.5. The Hall–Kier alpha value is -2.41. The molecule has 0 saturated heterocycles. The van der Waals surface area contributed by atoms with E-state index in [1.165, 1.54) is 38.3 Å². The molecule has 0 spiro atoms. The van der Waals surface area contributed by atoms with Crippen molar-refractivity contribution in [2.45, 2.75) is 20.0 Å². The number of methoxy groups -OCH3 is 1. The Morgan fingerprint density at radius 3 is 2.16 bits per heavy atom. The molecule has 0 aliphatic heterocycles. The van der Waals surface area contributed by atoms with E-state index < -0.39 is 45.9 Å². The fourth-order valence-corrected chi connectivity index (χ4v) is 2.20. The molecule has 134 valence electrons. The van der Waals surface area contributed by atoms with Gasteiger partial charge in [-0.05, 0) is 38.1 Å². The number of hydrogen-bond acceptors (Lipinski definition) is 4. The molecule has 25 heavy (non-hydrogen) atoms. The van der Waals surface area contributed by atoms with Crippen LogP contribution in [-0.2, 0) is 9.53 Å². The number of halogens is 4. The number of hydrogen-bond donors (Lipinski definition) is 0. The summed E-state index contributed by atoms with van der Waals surface area (Å²) >= 11 is 5.69. The Bertz CT molecular complexity index is 764. The molecular weight excluding hydrogens is 361 g/mol. The van der Waals surface area contributed by atoms with E-state index in [2.05, 4.69) is 4.74 Å². The maximum atomic E-state index is 13.9. The molecule has 0 saturated carbocycles. The van der Waals surface area contributed by atoms with Gasteiger partial charge in [-0.2, -0.15) is 4.39 Å². The van der Waals surface area contributed by atoms with Crippen LogP contribution in [0.2, 0.25) is 5.02 Å². The molecule has 1 unspecified atom stereocenters. The largest absolute Gasteiger partial charge is 0.479 e. The van der Waals surface area contributed by atoms with Gasteiger partial charge >= 0.3 is 5.97 Å². The van der Waals surface area contributed by atoms with Gasteiger partial charge in [0.1, 0.15) is 16.5 Å². The van der Waals surface area contributed by atoms with Crippen molar-refractivity contribution in [1.29, 1.82) is 0 Å². The minimum Gasteiger partial charge on any atom is -0.479 e. The second-order valence-electron chi connectivity index (χ2n) is 5.07. The average Bonchev–Trinajstić information content (AvgIpc) is 2.62. The molecule has 2 aromatic rings. The number of carbonyl (C=O) groups is 1. The van der Waals surface area contributed by atoms with Crippen molar-refractivity contribution in [2.75, 3.05) is 7.11 Å². The molecule has 0 aliphatic rings. The van der Waals surface area contributed by atoms with Gasteiger partial charge < -0.3 is 14.2 Å². The first-order chi connectivity index (χ1) is 11.8. The number of benzene rings is 2. The van der Waals surface area contributed by atoms with Gasteiger partial charge in [0.25, 0.3) is 0 Å². The Kier molecular flexibility index (Phi) is 5.79. The maximum Gasteiger partial charge on any atom is 0.346 e. The van der Waals surface area contributed by atoms with Gasteiger partial charge in [0.05, 0.1) is 7.11 Å². The highest BCUT2D eigenvalue weighted by Crippen LogP contribution is 2.37. The zero-order chi connectivity index (χ0) is 18.7. The van der Waals surface area contributed by atoms with Crippen molar-refractivity contribution < 1.29 is 32.2 Å². The first-order valence-corrected chi connectivity index (χ1v) is 7.49. The molecule has 0 radical (unpaired) electrons. The van der Waals surface area contributed by atoms with Crippen molar-refractivity contribution in [2.24, 2.45) is 0 Å². The highest BCUT2D eigenvalue weighted by Gasteiger charge is 2.23. The van der Waals surface area contributed by atoms with Crippen molar-refractivity contribution in [1.82, 2.24) is 0 Å². The summed E-state index contributed by atoms with van der Waals surface area (Å²) in [5.41, 5.74) is -0.532. The SMILES string of the molecule is COC(=O)C(C)Oc1ccc(Oc2c(F)c(F)c(C)c(F)c2Cl)cc1. The van der Waals surface area contributed by atoms with Crippen LogP contribution in [0.25, 0.3) is 0 Å². The quantitative estimate of drug-likeness (QED) is 0.557. The maximum absolute atomic E-state index is 13.9. The second-order valence-corrected chi connectivity index (χ2v) is 5.44. The lowest BCUT2D eigenvalue weighted by Crippen LogP contribution is -2.24. The van der Waals surface area contributed by atoms with Crippen molar-refractivity contribution >= 4 is 17.6 Å². The molecule has 0 aliphatic carbocycles. The van der Waals surface area contributed by atoms with Gasteiger partial charge in [0, 0.05) is 5.56 Å². The molecule has 0 heterocycles. The monoisotopic (exact) mass is 374 g/mol. The van der Waals surface area contributed by atoms with Crippen LogP contribution < -0.4 is 9.47 Å². The van der Waals surface area contributed by atoms with Crippen LogP contribution in [0.3, 0.4) is 0 Å². The summed E-state index contributed by atoms with van der Waals surface area (Å²) in [5, 5.41) is -0.656. The van der Waals surface area contributed by atoms with E-state index in [1.807, 2.05) is 0 Å². The number of carbonyl (C=O) groups excluding carboxylic acids is 1. The van der Waals surface area contributed by atoms with Crippen LogP contribution >= 0.6 is 11.6 Å². The lowest BCUT2D eigenvalue weighted by molar-refractivity contribution is -0.147. The predicted molar refractivity (Wildman–Crippen MR) is 84.7 cm³/mol. The third kappa shape index (κ3) is 3.99. The Balaban J connectivity index is 2.21. The molecule has 0 fully saturated rings. The minimum absolute atomic E-state index is 0.0709. The smallest absolute Gasteiger partial charge is 0.346 e. The van der Waals surface area contributed by atoms with E-state index in [0.29, 0.717) is 5.75 Å². The summed E-state index contributed by atoms with van der Waals surface area (Å²) < 4.78 is 56.3. The molecule has 0 aromatic heterocycles. The Morgan fingerprint density at radius 2 is 1.60 bits per heavy atom. The lowest BCUT2D eigenvalue weighted by Gasteiger charge is -2.14. The summed E-state index contributed by atoms with van der Waals surface area (Å²) in [6.45, 7) is 2.57. The third-order valence-corrected chi connectivity index (χ3v) is 3.67. The van der Waals surface area contributed by atoms with Crippen LogP contribution in [0.1, 0.15) is 12.5 Å². The van der Waals surface area contributed by atoms with E-state index in [9.17, 15) is 18.0 Å². The van der Waals surface area contributed by atoms with E-state index in [0.717, 1.165) is 6.92 Å². The predicted octanol–water partition coefficient (Wildman–Crippen LogP) is 4.80. The van der Waals surface area contributed by atoms with E-state index in [4.69, 9.17) is 21.1 Å². The normalized spacial score (nSPS) is 11.8. The van der Waals surface area contributed by atoms with Crippen LogP contribution in [0.5, 0.6) is 17.2 Å². The van der Waals surface area contributed by atoms with E-state index >= 15 is 0 Å². The van der Waals surface area contributed by atoms with Gasteiger partial charge in [-0.15, -0.1) is 0 Å². The minimum atomic E-state index is -1.39. The summed E-state index contributed by atoms with van der Waals surface area (Å²) in [7, 11) is 1.23. The highest BCUT2D eigenvalue weighted by molar-refractivity contribution is 6.32. The van der Waals surface area contributed by atoms with Gasteiger partial charge in [-0.1, -0.05) is 11.6 Å².